The zero-order valence-electron chi connectivity index (χ0n) is 19.6. The quantitative estimate of drug-likeness (QED) is 0.188. The number of hydrogen-bond donors (Lipinski definition) is 0. The molecule has 0 saturated heterocycles. The van der Waals surface area contributed by atoms with Crippen LogP contribution in [0.4, 0.5) is 5.69 Å². The molecule has 32 heavy (non-hydrogen) atoms. The number of ether oxygens (including phenoxy) is 3. The van der Waals surface area contributed by atoms with Gasteiger partial charge in [-0.1, -0.05) is 51.5 Å². The number of hydrogen-bond acceptors (Lipinski definition) is 4. The molecular weight excluding hydrogens is 398 g/mol. The second-order valence-corrected chi connectivity index (χ2v) is 8.38. The molecule has 0 unspecified atom stereocenters. The number of rotatable bonds is 13. The minimum Gasteiger partial charge on any atom is -0.494 e. The van der Waals surface area contributed by atoms with E-state index in [1.807, 2.05) is 54.7 Å². The minimum atomic E-state index is -0.00960. The topological polar surface area (TPSA) is 40.0 Å². The van der Waals surface area contributed by atoms with E-state index in [0.29, 0.717) is 13.2 Å². The zero-order valence-corrected chi connectivity index (χ0v) is 19.6. The monoisotopic (exact) mass is 435 g/mol. The Hall–Kier alpha value is -2.59. The van der Waals surface area contributed by atoms with Gasteiger partial charge in [0.05, 0.1) is 25.5 Å². The van der Waals surface area contributed by atoms with Crippen molar-refractivity contribution in [1.29, 1.82) is 0 Å². The molecule has 4 nitrogen and oxygen atoms in total. The second kappa shape index (κ2) is 13.7. The van der Waals surface area contributed by atoms with Crippen molar-refractivity contribution in [3.8, 4) is 11.5 Å². The smallest absolute Gasteiger partial charge is 0.143 e. The summed E-state index contributed by atoms with van der Waals surface area (Å²) in [5.74, 6) is 1.75. The number of benzene rings is 2. The van der Waals surface area contributed by atoms with Gasteiger partial charge in [-0.2, -0.15) is 0 Å². The SMILES string of the molecule is CCCCCCCCCOc1ccc(C=Nc2ccc(O[C@H]3COCC=C3C)cc2)cc1. The van der Waals surface area contributed by atoms with Gasteiger partial charge in [0.1, 0.15) is 17.6 Å². The van der Waals surface area contributed by atoms with Crippen LogP contribution in [0.5, 0.6) is 11.5 Å². The van der Waals surface area contributed by atoms with E-state index in [1.165, 1.54) is 44.1 Å². The first-order valence-electron chi connectivity index (χ1n) is 12.0. The van der Waals surface area contributed by atoms with Crippen LogP contribution in [0.2, 0.25) is 0 Å². The minimum absolute atomic E-state index is 0.00960. The maximum atomic E-state index is 6.01. The van der Waals surface area contributed by atoms with E-state index in [0.717, 1.165) is 35.8 Å². The van der Waals surface area contributed by atoms with Gasteiger partial charge in [0.2, 0.25) is 0 Å². The fraction of sp³-hybridized carbons (Fsp3) is 0.464. The summed E-state index contributed by atoms with van der Waals surface area (Å²) in [5.41, 5.74) is 3.16. The molecule has 2 aromatic rings. The summed E-state index contributed by atoms with van der Waals surface area (Å²) in [6.07, 6.45) is 13.0. The highest BCUT2D eigenvalue weighted by atomic mass is 16.5. The Morgan fingerprint density at radius 2 is 1.59 bits per heavy atom. The molecule has 1 aliphatic heterocycles. The second-order valence-electron chi connectivity index (χ2n) is 8.38. The van der Waals surface area contributed by atoms with Crippen molar-refractivity contribution < 1.29 is 14.2 Å². The fourth-order valence-corrected chi connectivity index (χ4v) is 3.58. The first-order chi connectivity index (χ1) is 15.7. The molecule has 0 aromatic heterocycles. The van der Waals surface area contributed by atoms with E-state index in [4.69, 9.17) is 14.2 Å². The van der Waals surface area contributed by atoms with Gasteiger partial charge in [-0.3, -0.25) is 4.99 Å². The van der Waals surface area contributed by atoms with Crippen LogP contribution >= 0.6 is 0 Å². The third kappa shape index (κ3) is 8.51. The molecule has 4 heteroatoms. The van der Waals surface area contributed by atoms with Gasteiger partial charge in [0, 0.05) is 6.21 Å². The summed E-state index contributed by atoms with van der Waals surface area (Å²) in [6.45, 7) is 6.40. The van der Waals surface area contributed by atoms with E-state index in [2.05, 4.69) is 24.9 Å². The first kappa shape index (κ1) is 24.1. The number of unbranched alkanes of at least 4 members (excludes halogenated alkanes) is 6. The molecule has 0 spiro atoms. The lowest BCUT2D eigenvalue weighted by Crippen LogP contribution is -2.28. The molecule has 0 N–H and O–H groups in total. The van der Waals surface area contributed by atoms with Gasteiger partial charge in [0.15, 0.2) is 0 Å². The lowest BCUT2D eigenvalue weighted by Gasteiger charge is -2.23. The van der Waals surface area contributed by atoms with Gasteiger partial charge in [-0.05, 0) is 73.0 Å². The van der Waals surface area contributed by atoms with E-state index in [-0.39, 0.29) is 6.10 Å². The molecule has 0 amide bonds. The molecule has 0 fully saturated rings. The van der Waals surface area contributed by atoms with Crippen LogP contribution in [0, 0.1) is 0 Å². The Kier molecular flexibility index (Phi) is 10.3. The molecule has 172 valence electrons. The Balaban J connectivity index is 1.38. The van der Waals surface area contributed by atoms with Crippen LogP contribution in [0.1, 0.15) is 64.4 Å². The van der Waals surface area contributed by atoms with Gasteiger partial charge in [0.25, 0.3) is 0 Å². The van der Waals surface area contributed by atoms with Crippen LogP contribution in [0.25, 0.3) is 0 Å². The zero-order chi connectivity index (χ0) is 22.4. The van der Waals surface area contributed by atoms with Crippen molar-refractivity contribution in [2.24, 2.45) is 4.99 Å². The van der Waals surface area contributed by atoms with Crippen molar-refractivity contribution in [2.75, 3.05) is 19.8 Å². The molecule has 3 rings (SSSR count). The van der Waals surface area contributed by atoms with Crippen LogP contribution in [-0.2, 0) is 4.74 Å². The number of aliphatic imine (C=N–C) groups is 1. The summed E-state index contributed by atoms with van der Waals surface area (Å²) in [6, 6.07) is 16.0. The summed E-state index contributed by atoms with van der Waals surface area (Å²) in [5, 5.41) is 0. The Morgan fingerprint density at radius 3 is 2.31 bits per heavy atom. The largest absolute Gasteiger partial charge is 0.494 e. The molecule has 2 aromatic carbocycles. The predicted molar refractivity (Wildman–Crippen MR) is 133 cm³/mol. The van der Waals surface area contributed by atoms with E-state index < -0.39 is 0 Å². The van der Waals surface area contributed by atoms with Crippen molar-refractivity contribution >= 4 is 11.9 Å². The molecule has 0 radical (unpaired) electrons. The summed E-state index contributed by atoms with van der Waals surface area (Å²) in [7, 11) is 0. The van der Waals surface area contributed by atoms with Crippen molar-refractivity contribution in [3.05, 3.63) is 65.7 Å². The standard InChI is InChI=1S/C28H37NO3/c1-3-4-5-6-7-8-9-19-31-26-14-10-24(11-15-26)21-29-25-12-16-27(17-13-25)32-28-22-30-20-18-23(28)2/h10-18,21,28H,3-9,19-20,22H2,1-2H3/t28-/m0/s1. The van der Waals surface area contributed by atoms with Gasteiger partial charge >= 0.3 is 0 Å². The molecular formula is C28H37NO3. The molecule has 0 aliphatic carbocycles. The Bertz CT molecular complexity index is 840. The van der Waals surface area contributed by atoms with Gasteiger partial charge < -0.3 is 14.2 Å². The molecule has 0 saturated carbocycles. The third-order valence-electron chi connectivity index (χ3n) is 5.67. The van der Waals surface area contributed by atoms with Gasteiger partial charge in [-0.25, -0.2) is 0 Å². The van der Waals surface area contributed by atoms with Gasteiger partial charge in [-0.15, -0.1) is 0 Å². The van der Waals surface area contributed by atoms with E-state index >= 15 is 0 Å². The predicted octanol–water partition coefficient (Wildman–Crippen LogP) is 7.29. The number of nitrogens with zero attached hydrogens (tertiary/aromatic N) is 1. The first-order valence-corrected chi connectivity index (χ1v) is 12.0. The lowest BCUT2D eigenvalue weighted by atomic mass is 10.1. The third-order valence-corrected chi connectivity index (χ3v) is 5.67. The summed E-state index contributed by atoms with van der Waals surface area (Å²) < 4.78 is 17.3. The fourth-order valence-electron chi connectivity index (χ4n) is 3.58. The normalized spacial score (nSPS) is 16.2. The Morgan fingerprint density at radius 1 is 0.906 bits per heavy atom. The van der Waals surface area contributed by atoms with Crippen LogP contribution in [0.15, 0.2) is 65.2 Å². The molecule has 1 heterocycles. The highest BCUT2D eigenvalue weighted by Crippen LogP contribution is 2.22. The maximum absolute atomic E-state index is 6.01. The average Bonchev–Trinajstić information content (AvgIpc) is 2.82. The van der Waals surface area contributed by atoms with Crippen LogP contribution < -0.4 is 9.47 Å². The maximum Gasteiger partial charge on any atom is 0.143 e. The highest BCUT2D eigenvalue weighted by molar-refractivity contribution is 5.82. The highest BCUT2D eigenvalue weighted by Gasteiger charge is 2.16. The molecule has 1 atom stereocenters. The van der Waals surface area contributed by atoms with Crippen molar-refractivity contribution in [3.63, 3.8) is 0 Å². The molecule has 0 bridgehead atoms. The summed E-state index contributed by atoms with van der Waals surface area (Å²) >= 11 is 0. The van der Waals surface area contributed by atoms with Crippen LogP contribution in [-0.4, -0.2) is 32.1 Å². The lowest BCUT2D eigenvalue weighted by molar-refractivity contribution is 0.0681. The average molecular weight is 436 g/mol. The Labute approximate surface area is 193 Å². The van der Waals surface area contributed by atoms with Crippen LogP contribution in [0.3, 0.4) is 0 Å². The molecule has 1 aliphatic rings. The van der Waals surface area contributed by atoms with E-state index in [1.54, 1.807) is 0 Å². The summed E-state index contributed by atoms with van der Waals surface area (Å²) in [4.78, 5) is 4.57. The van der Waals surface area contributed by atoms with Crippen molar-refractivity contribution in [1.82, 2.24) is 0 Å². The van der Waals surface area contributed by atoms with E-state index in [9.17, 15) is 0 Å². The van der Waals surface area contributed by atoms with Crippen molar-refractivity contribution in [2.45, 2.75) is 64.9 Å².